The Hall–Kier alpha value is -0.770. The summed E-state index contributed by atoms with van der Waals surface area (Å²) in [4.78, 5) is 6.54. The molecule has 1 aromatic rings. The van der Waals surface area contributed by atoms with E-state index in [0.29, 0.717) is 6.61 Å². The fourth-order valence-corrected chi connectivity index (χ4v) is 2.66. The zero-order valence-corrected chi connectivity index (χ0v) is 7.80. The summed E-state index contributed by atoms with van der Waals surface area (Å²) in [5.41, 5.74) is 5.71. The van der Waals surface area contributed by atoms with E-state index >= 15 is 0 Å². The first kappa shape index (κ1) is 7.62. The van der Waals surface area contributed by atoms with Crippen molar-refractivity contribution in [1.82, 2.24) is 5.48 Å². The molecule has 1 fully saturated rings. The van der Waals surface area contributed by atoms with Gasteiger partial charge in [0.15, 0.2) is 0 Å². The van der Waals surface area contributed by atoms with Crippen molar-refractivity contribution in [2.45, 2.75) is 10.9 Å². The minimum atomic E-state index is 0.289. The molecule has 3 rings (SSSR count). The quantitative estimate of drug-likeness (QED) is 0.679. The molecular formula is C10H9NOS. The second kappa shape index (κ2) is 2.87. The molecule has 0 radical (unpaired) electrons. The first-order valence-electron chi connectivity index (χ1n) is 4.27. The lowest BCUT2D eigenvalue weighted by Gasteiger charge is -2.18. The van der Waals surface area contributed by atoms with E-state index in [0.717, 1.165) is 0 Å². The minimum Gasteiger partial charge on any atom is -0.296 e. The lowest BCUT2D eigenvalue weighted by molar-refractivity contribution is 0.0892. The topological polar surface area (TPSA) is 21.3 Å². The van der Waals surface area contributed by atoms with Gasteiger partial charge in [0, 0.05) is 4.90 Å². The zero-order chi connectivity index (χ0) is 8.67. The van der Waals surface area contributed by atoms with E-state index in [2.05, 4.69) is 35.2 Å². The van der Waals surface area contributed by atoms with Gasteiger partial charge in [-0.2, -0.15) is 5.48 Å². The van der Waals surface area contributed by atoms with Gasteiger partial charge in [-0.05, 0) is 22.6 Å². The predicted molar refractivity (Wildman–Crippen MR) is 52.2 cm³/mol. The molecular weight excluding hydrogens is 182 g/mol. The maximum atomic E-state index is 5.22. The van der Waals surface area contributed by atoms with Crippen LogP contribution < -0.4 is 5.48 Å². The third-order valence-electron chi connectivity index (χ3n) is 2.38. The molecule has 0 aliphatic carbocycles. The average Bonchev–Trinajstić information content (AvgIpc) is 2.65. The number of hydrogen-bond acceptors (Lipinski definition) is 3. The van der Waals surface area contributed by atoms with Crippen LogP contribution in [0.3, 0.4) is 0 Å². The Labute approximate surface area is 80.9 Å². The van der Waals surface area contributed by atoms with E-state index in [4.69, 9.17) is 4.84 Å². The highest BCUT2D eigenvalue weighted by Gasteiger charge is 2.27. The number of thioether (sulfide) groups is 1. The summed E-state index contributed by atoms with van der Waals surface area (Å²) < 4.78 is 0. The molecule has 2 aliphatic heterocycles. The molecule has 1 saturated heterocycles. The Balaban J connectivity index is 2.12. The normalized spacial score (nSPS) is 24.9. The molecule has 1 unspecified atom stereocenters. The molecule has 13 heavy (non-hydrogen) atoms. The fourth-order valence-electron chi connectivity index (χ4n) is 1.70. The lowest BCUT2D eigenvalue weighted by Crippen LogP contribution is -2.14. The summed E-state index contributed by atoms with van der Waals surface area (Å²) in [6.45, 7) is 0.714. The highest BCUT2D eigenvalue weighted by Crippen LogP contribution is 2.40. The van der Waals surface area contributed by atoms with Crippen LogP contribution in [0.15, 0.2) is 40.1 Å². The summed E-state index contributed by atoms with van der Waals surface area (Å²) in [5, 5.41) is 2.19. The number of benzene rings is 1. The molecule has 66 valence electrons. The van der Waals surface area contributed by atoms with Crippen molar-refractivity contribution in [2.75, 3.05) is 6.61 Å². The Morgan fingerprint density at radius 2 is 2.31 bits per heavy atom. The van der Waals surface area contributed by atoms with Crippen molar-refractivity contribution in [3.05, 3.63) is 40.8 Å². The monoisotopic (exact) mass is 191 g/mol. The zero-order valence-electron chi connectivity index (χ0n) is 6.99. The third-order valence-corrected chi connectivity index (χ3v) is 3.42. The molecule has 1 N–H and O–H groups in total. The van der Waals surface area contributed by atoms with Crippen molar-refractivity contribution in [1.29, 1.82) is 0 Å². The lowest BCUT2D eigenvalue weighted by atomic mass is 10.0. The van der Waals surface area contributed by atoms with E-state index in [9.17, 15) is 0 Å². The molecule has 0 amide bonds. The van der Waals surface area contributed by atoms with Crippen LogP contribution in [0.25, 0.3) is 0 Å². The Morgan fingerprint density at radius 3 is 3.31 bits per heavy atom. The molecule has 0 saturated carbocycles. The standard InChI is InChI=1S/C10H9NOS/c1-2-4-9-8(3-1)10-7(6-13-9)5-12-11-10/h1-4,6,10-11H,5H2. The number of hydroxylamine groups is 1. The summed E-state index contributed by atoms with van der Waals surface area (Å²) in [6.07, 6.45) is 0. The van der Waals surface area contributed by atoms with Crippen molar-refractivity contribution >= 4 is 11.8 Å². The van der Waals surface area contributed by atoms with Gasteiger partial charge < -0.3 is 0 Å². The van der Waals surface area contributed by atoms with E-state index in [1.165, 1.54) is 16.0 Å². The number of rotatable bonds is 0. The summed E-state index contributed by atoms with van der Waals surface area (Å²) in [6, 6.07) is 8.73. The smallest absolute Gasteiger partial charge is 0.0920 e. The molecule has 0 aromatic heterocycles. The van der Waals surface area contributed by atoms with Gasteiger partial charge >= 0.3 is 0 Å². The largest absolute Gasteiger partial charge is 0.296 e. The Bertz CT molecular complexity index is 375. The molecule has 0 spiro atoms. The van der Waals surface area contributed by atoms with E-state index in [-0.39, 0.29) is 6.04 Å². The Morgan fingerprint density at radius 1 is 1.38 bits per heavy atom. The van der Waals surface area contributed by atoms with Gasteiger partial charge in [0.25, 0.3) is 0 Å². The van der Waals surface area contributed by atoms with Crippen LogP contribution in [0, 0.1) is 0 Å². The second-order valence-corrected chi connectivity index (χ2v) is 4.10. The van der Waals surface area contributed by atoms with Gasteiger partial charge in [-0.15, -0.1) is 0 Å². The molecule has 2 heterocycles. The highest BCUT2D eigenvalue weighted by atomic mass is 32.2. The second-order valence-electron chi connectivity index (χ2n) is 3.19. The van der Waals surface area contributed by atoms with Crippen molar-refractivity contribution in [3.8, 4) is 0 Å². The fraction of sp³-hybridized carbons (Fsp3) is 0.200. The molecule has 2 nitrogen and oxygen atoms in total. The molecule has 2 aliphatic rings. The number of nitrogens with one attached hydrogen (secondary N) is 1. The number of fused-ring (bicyclic) bond motifs is 3. The Kier molecular flexibility index (Phi) is 1.68. The van der Waals surface area contributed by atoms with Crippen molar-refractivity contribution < 1.29 is 4.84 Å². The van der Waals surface area contributed by atoms with Crippen LogP contribution in [0.2, 0.25) is 0 Å². The van der Waals surface area contributed by atoms with Crippen molar-refractivity contribution in [3.63, 3.8) is 0 Å². The summed E-state index contributed by atoms with van der Waals surface area (Å²) in [7, 11) is 0. The van der Waals surface area contributed by atoms with Crippen LogP contribution in [0.4, 0.5) is 0 Å². The predicted octanol–water partition coefficient (Wildman–Crippen LogP) is 2.25. The van der Waals surface area contributed by atoms with Gasteiger partial charge in [-0.3, -0.25) is 4.84 Å². The van der Waals surface area contributed by atoms with Gasteiger partial charge in [-0.25, -0.2) is 0 Å². The van der Waals surface area contributed by atoms with Gasteiger partial charge in [0.2, 0.25) is 0 Å². The number of hydrogen-bond donors (Lipinski definition) is 1. The SMILES string of the molecule is C1=C2CONC2c2ccccc2S1. The first-order valence-corrected chi connectivity index (χ1v) is 5.15. The van der Waals surface area contributed by atoms with Crippen LogP contribution in [-0.2, 0) is 4.84 Å². The van der Waals surface area contributed by atoms with E-state index < -0.39 is 0 Å². The van der Waals surface area contributed by atoms with Crippen LogP contribution >= 0.6 is 11.8 Å². The van der Waals surface area contributed by atoms with Crippen LogP contribution in [0.5, 0.6) is 0 Å². The summed E-state index contributed by atoms with van der Waals surface area (Å²) >= 11 is 1.78. The van der Waals surface area contributed by atoms with Crippen LogP contribution in [0.1, 0.15) is 11.6 Å². The highest BCUT2D eigenvalue weighted by molar-refractivity contribution is 8.02. The average molecular weight is 191 g/mol. The first-order chi connectivity index (χ1) is 6.45. The van der Waals surface area contributed by atoms with Gasteiger partial charge in [0.05, 0.1) is 12.6 Å². The van der Waals surface area contributed by atoms with Gasteiger partial charge in [0.1, 0.15) is 0 Å². The maximum Gasteiger partial charge on any atom is 0.0920 e. The third kappa shape index (κ3) is 1.12. The minimum absolute atomic E-state index is 0.289. The molecule has 1 atom stereocenters. The molecule has 3 heteroatoms. The molecule has 1 aromatic carbocycles. The van der Waals surface area contributed by atoms with E-state index in [1.807, 2.05) is 0 Å². The van der Waals surface area contributed by atoms with Gasteiger partial charge in [-0.1, -0.05) is 30.0 Å². The van der Waals surface area contributed by atoms with E-state index in [1.54, 1.807) is 11.8 Å². The van der Waals surface area contributed by atoms with Crippen molar-refractivity contribution in [2.24, 2.45) is 0 Å². The summed E-state index contributed by atoms with van der Waals surface area (Å²) in [5.74, 6) is 0. The van der Waals surface area contributed by atoms with Crippen LogP contribution in [-0.4, -0.2) is 6.61 Å². The maximum absolute atomic E-state index is 5.22. The molecule has 0 bridgehead atoms.